The lowest BCUT2D eigenvalue weighted by molar-refractivity contribution is -0.148. The summed E-state index contributed by atoms with van der Waals surface area (Å²) < 4.78 is 5.81. The molecule has 146 valence electrons. The summed E-state index contributed by atoms with van der Waals surface area (Å²) >= 11 is 0. The number of rotatable bonds is 7. The van der Waals surface area contributed by atoms with Crippen LogP contribution in [0.1, 0.15) is 61.7 Å². The number of amides is 2. The molecule has 0 radical (unpaired) electrons. The third kappa shape index (κ3) is 3.49. The zero-order valence-electron chi connectivity index (χ0n) is 16.2. The van der Waals surface area contributed by atoms with Crippen molar-refractivity contribution >= 4 is 11.8 Å². The Labute approximate surface area is 161 Å². The van der Waals surface area contributed by atoms with Crippen LogP contribution in [0.2, 0.25) is 0 Å². The van der Waals surface area contributed by atoms with Gasteiger partial charge < -0.3 is 15.0 Å². The van der Waals surface area contributed by atoms with E-state index >= 15 is 0 Å². The van der Waals surface area contributed by atoms with Crippen LogP contribution < -0.4 is 5.32 Å². The minimum absolute atomic E-state index is 0.0861. The molecule has 5 nitrogen and oxygen atoms in total. The van der Waals surface area contributed by atoms with Crippen molar-refractivity contribution in [1.82, 2.24) is 10.2 Å². The van der Waals surface area contributed by atoms with Gasteiger partial charge in [0.2, 0.25) is 5.91 Å². The van der Waals surface area contributed by atoms with Crippen molar-refractivity contribution in [3.05, 3.63) is 35.9 Å². The van der Waals surface area contributed by atoms with Crippen molar-refractivity contribution in [2.45, 2.75) is 62.5 Å². The smallest absolute Gasteiger partial charge is 0.251 e. The lowest BCUT2D eigenvalue weighted by Crippen LogP contribution is -2.77. The number of hydrogen-bond acceptors (Lipinski definition) is 3. The van der Waals surface area contributed by atoms with Crippen molar-refractivity contribution in [3.8, 4) is 0 Å². The van der Waals surface area contributed by atoms with E-state index in [-0.39, 0.29) is 17.4 Å². The summed E-state index contributed by atoms with van der Waals surface area (Å²) in [6.07, 6.45) is 8.68. The largest absolute Gasteiger partial charge is 0.376 e. The Morgan fingerprint density at radius 2 is 1.81 bits per heavy atom. The summed E-state index contributed by atoms with van der Waals surface area (Å²) in [5.74, 6) is 0.863. The average Bonchev–Trinajstić information content (AvgIpc) is 3.30. The highest BCUT2D eigenvalue weighted by molar-refractivity contribution is 5.95. The van der Waals surface area contributed by atoms with Crippen LogP contribution in [-0.2, 0) is 9.53 Å². The molecule has 1 aliphatic heterocycles. The lowest BCUT2D eigenvalue weighted by atomic mass is 9.80. The van der Waals surface area contributed by atoms with Crippen LogP contribution in [0.25, 0.3) is 0 Å². The molecule has 0 bridgehead atoms. The molecule has 1 aromatic carbocycles. The van der Waals surface area contributed by atoms with Crippen LogP contribution in [0.15, 0.2) is 30.3 Å². The molecule has 3 aliphatic rings. The third-order valence-corrected chi connectivity index (χ3v) is 6.87. The van der Waals surface area contributed by atoms with Gasteiger partial charge in [-0.2, -0.15) is 0 Å². The zero-order chi connectivity index (χ0) is 18.9. The molecule has 2 aliphatic carbocycles. The molecule has 2 saturated carbocycles. The molecule has 0 aromatic heterocycles. The monoisotopic (exact) mass is 370 g/mol. The summed E-state index contributed by atoms with van der Waals surface area (Å²) in [6, 6.07) is 9.27. The van der Waals surface area contributed by atoms with E-state index < -0.39 is 5.54 Å². The highest BCUT2D eigenvalue weighted by Crippen LogP contribution is 2.51. The molecule has 1 aromatic rings. The van der Waals surface area contributed by atoms with Gasteiger partial charge in [-0.1, -0.05) is 43.9 Å². The van der Waals surface area contributed by atoms with E-state index in [2.05, 4.69) is 5.32 Å². The first kappa shape index (κ1) is 18.5. The quantitative estimate of drug-likeness (QED) is 0.802. The van der Waals surface area contributed by atoms with Gasteiger partial charge in [0, 0.05) is 32.2 Å². The summed E-state index contributed by atoms with van der Waals surface area (Å²) in [4.78, 5) is 27.3. The third-order valence-electron chi connectivity index (χ3n) is 6.87. The first-order valence-electron chi connectivity index (χ1n) is 10.3. The fourth-order valence-electron chi connectivity index (χ4n) is 4.92. The van der Waals surface area contributed by atoms with Crippen LogP contribution in [0.4, 0.5) is 0 Å². The molecule has 0 atom stereocenters. The molecule has 5 heteroatoms. The average molecular weight is 370 g/mol. The standard InChI is InChI=1S/C22H30N2O3/c1-27-22(13-14-22)21(23-20(26)18-9-3-2-4-10-18)15-24(16-21)19(25)12-11-17-7-5-6-8-17/h2-4,9-10,17H,5-8,11-16H2,1H3,(H,23,26). The fraction of sp³-hybridized carbons (Fsp3) is 0.636. The Kier molecular flexibility index (Phi) is 4.97. The van der Waals surface area contributed by atoms with Gasteiger partial charge in [-0.3, -0.25) is 9.59 Å². The molecule has 27 heavy (non-hydrogen) atoms. The zero-order valence-corrected chi connectivity index (χ0v) is 16.2. The molecular formula is C22H30N2O3. The first-order chi connectivity index (χ1) is 13.1. The van der Waals surface area contributed by atoms with Crippen LogP contribution >= 0.6 is 0 Å². The molecule has 4 rings (SSSR count). The second-order valence-corrected chi connectivity index (χ2v) is 8.54. The van der Waals surface area contributed by atoms with Crippen LogP contribution in [0.3, 0.4) is 0 Å². The first-order valence-corrected chi connectivity index (χ1v) is 10.3. The molecule has 2 amide bonds. The molecule has 0 unspecified atom stereocenters. The molecule has 1 heterocycles. The van der Waals surface area contributed by atoms with E-state index in [0.29, 0.717) is 25.1 Å². The maximum atomic E-state index is 12.7. The van der Waals surface area contributed by atoms with E-state index in [0.717, 1.165) is 25.2 Å². The maximum absolute atomic E-state index is 12.7. The summed E-state index contributed by atoms with van der Waals surface area (Å²) in [7, 11) is 1.72. The fourth-order valence-corrected chi connectivity index (χ4v) is 4.92. The molecule has 0 spiro atoms. The molecule has 3 fully saturated rings. The van der Waals surface area contributed by atoms with Gasteiger partial charge in [-0.05, 0) is 37.3 Å². The van der Waals surface area contributed by atoms with E-state index in [1.54, 1.807) is 7.11 Å². The molecule has 1 N–H and O–H groups in total. The number of nitrogens with one attached hydrogen (secondary N) is 1. The van der Waals surface area contributed by atoms with Crippen molar-refractivity contribution in [1.29, 1.82) is 0 Å². The number of likely N-dealkylation sites (tertiary alicyclic amines) is 1. The highest BCUT2D eigenvalue weighted by atomic mass is 16.5. The van der Waals surface area contributed by atoms with Crippen molar-refractivity contribution in [2.75, 3.05) is 20.2 Å². The Balaban J connectivity index is 1.39. The second-order valence-electron chi connectivity index (χ2n) is 8.54. The van der Waals surface area contributed by atoms with E-state index in [9.17, 15) is 9.59 Å². The highest BCUT2D eigenvalue weighted by Gasteiger charge is 2.66. The van der Waals surface area contributed by atoms with Gasteiger partial charge in [0.05, 0.1) is 5.60 Å². The number of benzene rings is 1. The van der Waals surface area contributed by atoms with Crippen molar-refractivity contribution in [3.63, 3.8) is 0 Å². The van der Waals surface area contributed by atoms with E-state index in [4.69, 9.17) is 4.74 Å². The van der Waals surface area contributed by atoms with E-state index in [1.165, 1.54) is 25.7 Å². The Bertz CT molecular complexity index is 687. The van der Waals surface area contributed by atoms with Gasteiger partial charge in [0.1, 0.15) is 5.54 Å². The normalized spacial score (nSPS) is 22.9. The van der Waals surface area contributed by atoms with Gasteiger partial charge in [0.15, 0.2) is 0 Å². The number of carbonyl (C=O) groups excluding carboxylic acids is 2. The minimum Gasteiger partial charge on any atom is -0.376 e. The predicted molar refractivity (Wildman–Crippen MR) is 103 cm³/mol. The molecule has 1 saturated heterocycles. The molecular weight excluding hydrogens is 340 g/mol. The van der Waals surface area contributed by atoms with Crippen LogP contribution in [0.5, 0.6) is 0 Å². The Morgan fingerprint density at radius 3 is 2.41 bits per heavy atom. The van der Waals surface area contributed by atoms with Crippen molar-refractivity contribution < 1.29 is 14.3 Å². The van der Waals surface area contributed by atoms with Gasteiger partial charge in [0.25, 0.3) is 5.91 Å². The minimum atomic E-state index is -0.461. The van der Waals surface area contributed by atoms with Gasteiger partial charge in [-0.25, -0.2) is 0 Å². The summed E-state index contributed by atoms with van der Waals surface area (Å²) in [5.41, 5.74) is -0.132. The topological polar surface area (TPSA) is 58.6 Å². The number of ether oxygens (including phenoxy) is 1. The Hall–Kier alpha value is -1.88. The summed E-state index contributed by atoms with van der Waals surface area (Å²) in [5, 5.41) is 3.22. The lowest BCUT2D eigenvalue weighted by Gasteiger charge is -2.54. The predicted octanol–water partition coefficient (Wildman–Crippen LogP) is 3.15. The van der Waals surface area contributed by atoms with E-state index in [1.807, 2.05) is 35.2 Å². The number of methoxy groups -OCH3 is 1. The second kappa shape index (κ2) is 7.27. The number of hydrogen-bond donors (Lipinski definition) is 1. The number of carbonyl (C=O) groups is 2. The number of nitrogens with zero attached hydrogens (tertiary/aromatic N) is 1. The maximum Gasteiger partial charge on any atom is 0.251 e. The summed E-state index contributed by atoms with van der Waals surface area (Å²) in [6.45, 7) is 1.12. The Morgan fingerprint density at radius 1 is 1.15 bits per heavy atom. The van der Waals surface area contributed by atoms with Crippen LogP contribution in [-0.4, -0.2) is 48.1 Å². The van der Waals surface area contributed by atoms with Gasteiger partial charge >= 0.3 is 0 Å². The SMILES string of the molecule is COC1(C2(NC(=O)c3ccccc3)CN(C(=O)CCC3CCCC3)C2)CC1. The van der Waals surface area contributed by atoms with Crippen LogP contribution in [0, 0.1) is 5.92 Å². The van der Waals surface area contributed by atoms with Crippen molar-refractivity contribution in [2.24, 2.45) is 5.92 Å². The van der Waals surface area contributed by atoms with Gasteiger partial charge in [-0.15, -0.1) is 0 Å².